The van der Waals surface area contributed by atoms with Crippen molar-refractivity contribution in [2.24, 2.45) is 5.92 Å². The second-order valence-electron chi connectivity index (χ2n) is 6.24. The lowest BCUT2D eigenvalue weighted by molar-refractivity contribution is -0.121. The van der Waals surface area contributed by atoms with Crippen LogP contribution in [-0.4, -0.2) is 50.1 Å². The molecule has 4 nitrogen and oxygen atoms in total. The summed E-state index contributed by atoms with van der Waals surface area (Å²) in [6.45, 7) is 4.36. The van der Waals surface area contributed by atoms with Gasteiger partial charge in [0, 0.05) is 19.0 Å². The summed E-state index contributed by atoms with van der Waals surface area (Å²) in [5.41, 5.74) is 0. The Kier molecular flexibility index (Phi) is 6.11. The Morgan fingerprint density at radius 2 is 2.05 bits per heavy atom. The van der Waals surface area contributed by atoms with E-state index in [1.54, 1.807) is 0 Å². The van der Waals surface area contributed by atoms with E-state index in [9.17, 15) is 4.79 Å². The van der Waals surface area contributed by atoms with Gasteiger partial charge >= 0.3 is 0 Å². The number of hydrogen-bond donors (Lipinski definition) is 2. The molecular weight excluding hydrogens is 238 g/mol. The smallest absolute Gasteiger partial charge is 0.221 e. The highest BCUT2D eigenvalue weighted by molar-refractivity contribution is 5.76. The van der Waals surface area contributed by atoms with E-state index in [0.717, 1.165) is 31.8 Å². The van der Waals surface area contributed by atoms with Crippen LogP contribution < -0.4 is 10.6 Å². The summed E-state index contributed by atoms with van der Waals surface area (Å²) in [4.78, 5) is 14.2. The molecule has 2 rings (SSSR count). The summed E-state index contributed by atoms with van der Waals surface area (Å²) in [7, 11) is 2.19. The Morgan fingerprint density at radius 3 is 2.74 bits per heavy atom. The average Bonchev–Trinajstić information content (AvgIpc) is 2.42. The van der Waals surface area contributed by atoms with Gasteiger partial charge in [0.05, 0.1) is 0 Å². The summed E-state index contributed by atoms with van der Waals surface area (Å²) in [6.07, 6.45) is 8.06. The highest BCUT2D eigenvalue weighted by Crippen LogP contribution is 2.18. The molecule has 0 aliphatic carbocycles. The van der Waals surface area contributed by atoms with E-state index in [-0.39, 0.29) is 5.91 Å². The molecule has 2 saturated heterocycles. The molecule has 4 heteroatoms. The highest BCUT2D eigenvalue weighted by Gasteiger charge is 2.18. The fourth-order valence-corrected chi connectivity index (χ4v) is 3.16. The van der Waals surface area contributed by atoms with Gasteiger partial charge in [-0.15, -0.1) is 0 Å². The van der Waals surface area contributed by atoms with Crippen molar-refractivity contribution in [1.82, 2.24) is 15.5 Å². The van der Waals surface area contributed by atoms with Crippen molar-refractivity contribution in [3.8, 4) is 0 Å². The first kappa shape index (κ1) is 14.8. The number of carbonyl (C=O) groups is 1. The van der Waals surface area contributed by atoms with E-state index < -0.39 is 0 Å². The van der Waals surface area contributed by atoms with Gasteiger partial charge in [0.25, 0.3) is 0 Å². The topological polar surface area (TPSA) is 44.4 Å². The highest BCUT2D eigenvalue weighted by atomic mass is 16.1. The van der Waals surface area contributed by atoms with E-state index in [1.165, 1.54) is 38.8 Å². The Morgan fingerprint density at radius 1 is 1.26 bits per heavy atom. The van der Waals surface area contributed by atoms with Gasteiger partial charge in [0.2, 0.25) is 5.91 Å². The molecule has 110 valence electrons. The van der Waals surface area contributed by atoms with Gasteiger partial charge in [0.1, 0.15) is 0 Å². The molecule has 0 aromatic carbocycles. The van der Waals surface area contributed by atoms with E-state index in [2.05, 4.69) is 22.6 Å². The molecule has 2 fully saturated rings. The molecule has 1 amide bonds. The maximum absolute atomic E-state index is 11.8. The first-order chi connectivity index (χ1) is 9.24. The van der Waals surface area contributed by atoms with Crippen molar-refractivity contribution in [3.05, 3.63) is 0 Å². The lowest BCUT2D eigenvalue weighted by atomic mass is 9.94. The van der Waals surface area contributed by atoms with Gasteiger partial charge in [-0.25, -0.2) is 0 Å². The van der Waals surface area contributed by atoms with E-state index in [0.29, 0.717) is 12.5 Å². The summed E-state index contributed by atoms with van der Waals surface area (Å²) < 4.78 is 0. The van der Waals surface area contributed by atoms with Gasteiger partial charge in [-0.3, -0.25) is 4.79 Å². The molecule has 2 heterocycles. The van der Waals surface area contributed by atoms with Crippen LogP contribution in [0.25, 0.3) is 0 Å². The number of carbonyl (C=O) groups excluding carboxylic acids is 1. The standard InChI is InChI=1S/C15H29N3O/c1-18-10-6-13(7-11-18)5-9-17-15(19)12-14-4-2-3-8-16-14/h13-14,16H,2-12H2,1H3,(H,17,19). The van der Waals surface area contributed by atoms with Crippen molar-refractivity contribution < 1.29 is 4.79 Å². The van der Waals surface area contributed by atoms with E-state index in [1.807, 2.05) is 0 Å². The number of piperidine rings is 2. The van der Waals surface area contributed by atoms with Crippen LogP contribution in [-0.2, 0) is 4.79 Å². The van der Waals surface area contributed by atoms with Crippen LogP contribution >= 0.6 is 0 Å². The first-order valence-electron chi connectivity index (χ1n) is 7.92. The lowest BCUT2D eigenvalue weighted by Gasteiger charge is -2.29. The number of amides is 1. The normalized spacial score (nSPS) is 26.3. The summed E-state index contributed by atoms with van der Waals surface area (Å²) >= 11 is 0. The minimum Gasteiger partial charge on any atom is -0.356 e. The third kappa shape index (κ3) is 5.49. The molecule has 0 aromatic heterocycles. The number of rotatable bonds is 5. The SMILES string of the molecule is CN1CCC(CCNC(=O)CC2CCCCN2)CC1. The number of likely N-dealkylation sites (tertiary alicyclic amines) is 1. The van der Waals surface area contributed by atoms with Crippen LogP contribution in [0.3, 0.4) is 0 Å². The number of nitrogens with one attached hydrogen (secondary N) is 2. The fourth-order valence-electron chi connectivity index (χ4n) is 3.16. The minimum atomic E-state index is 0.229. The molecule has 1 unspecified atom stereocenters. The lowest BCUT2D eigenvalue weighted by Crippen LogP contribution is -2.39. The van der Waals surface area contributed by atoms with Crippen molar-refractivity contribution in [2.75, 3.05) is 33.2 Å². The molecule has 1 atom stereocenters. The van der Waals surface area contributed by atoms with E-state index >= 15 is 0 Å². The summed E-state index contributed by atoms with van der Waals surface area (Å²) in [5.74, 6) is 1.04. The predicted molar refractivity (Wildman–Crippen MR) is 78.1 cm³/mol. The van der Waals surface area contributed by atoms with Crippen LogP contribution in [0.5, 0.6) is 0 Å². The second-order valence-corrected chi connectivity index (χ2v) is 6.24. The Balaban J connectivity index is 1.53. The zero-order valence-corrected chi connectivity index (χ0v) is 12.3. The molecule has 0 aromatic rings. The summed E-state index contributed by atoms with van der Waals surface area (Å²) in [6, 6.07) is 0.414. The molecule has 19 heavy (non-hydrogen) atoms. The van der Waals surface area contributed by atoms with Crippen molar-refractivity contribution in [2.45, 2.75) is 51.0 Å². The van der Waals surface area contributed by atoms with Crippen molar-refractivity contribution >= 4 is 5.91 Å². The molecule has 0 spiro atoms. The van der Waals surface area contributed by atoms with Crippen LogP contribution in [0, 0.1) is 5.92 Å². The van der Waals surface area contributed by atoms with Crippen LogP contribution in [0.2, 0.25) is 0 Å². The van der Waals surface area contributed by atoms with Gasteiger partial charge < -0.3 is 15.5 Å². The van der Waals surface area contributed by atoms with Gasteiger partial charge in [-0.05, 0) is 64.7 Å². The van der Waals surface area contributed by atoms with Crippen molar-refractivity contribution in [3.63, 3.8) is 0 Å². The Labute approximate surface area is 117 Å². The molecule has 0 saturated carbocycles. The fraction of sp³-hybridized carbons (Fsp3) is 0.933. The molecular formula is C15H29N3O. The van der Waals surface area contributed by atoms with Gasteiger partial charge in [-0.2, -0.15) is 0 Å². The third-order valence-electron chi connectivity index (χ3n) is 4.56. The molecule has 0 bridgehead atoms. The molecule has 0 radical (unpaired) electrons. The average molecular weight is 267 g/mol. The maximum Gasteiger partial charge on any atom is 0.221 e. The summed E-state index contributed by atoms with van der Waals surface area (Å²) in [5, 5.41) is 6.52. The Bertz CT molecular complexity index is 269. The van der Waals surface area contributed by atoms with Gasteiger partial charge in [-0.1, -0.05) is 6.42 Å². The van der Waals surface area contributed by atoms with Crippen LogP contribution in [0.1, 0.15) is 44.9 Å². The molecule has 2 N–H and O–H groups in total. The van der Waals surface area contributed by atoms with E-state index in [4.69, 9.17) is 0 Å². The monoisotopic (exact) mass is 267 g/mol. The minimum absolute atomic E-state index is 0.229. The predicted octanol–water partition coefficient (Wildman–Crippen LogP) is 1.37. The van der Waals surface area contributed by atoms with Crippen LogP contribution in [0.4, 0.5) is 0 Å². The molecule has 2 aliphatic heterocycles. The van der Waals surface area contributed by atoms with Crippen LogP contribution in [0.15, 0.2) is 0 Å². The van der Waals surface area contributed by atoms with Crippen molar-refractivity contribution in [1.29, 1.82) is 0 Å². The Hall–Kier alpha value is -0.610. The number of hydrogen-bond acceptors (Lipinski definition) is 3. The largest absolute Gasteiger partial charge is 0.356 e. The third-order valence-corrected chi connectivity index (χ3v) is 4.56. The van der Waals surface area contributed by atoms with Gasteiger partial charge in [0.15, 0.2) is 0 Å². The first-order valence-corrected chi connectivity index (χ1v) is 7.92. The second kappa shape index (κ2) is 7.85. The zero-order chi connectivity index (χ0) is 13.5. The zero-order valence-electron chi connectivity index (χ0n) is 12.3. The molecule has 2 aliphatic rings. The number of nitrogens with zero attached hydrogens (tertiary/aromatic N) is 1. The maximum atomic E-state index is 11.8. The quantitative estimate of drug-likeness (QED) is 0.791.